The third-order valence-electron chi connectivity index (χ3n) is 5.77. The third-order valence-corrected chi connectivity index (χ3v) is 5.77. The lowest BCUT2D eigenvalue weighted by molar-refractivity contribution is -0.138. The number of carbonyl (C=O) groups excluding carboxylic acids is 2. The van der Waals surface area contributed by atoms with Gasteiger partial charge in [0.2, 0.25) is 11.8 Å². The average molecular weight is 342 g/mol. The lowest BCUT2D eigenvalue weighted by Gasteiger charge is -2.33. The van der Waals surface area contributed by atoms with Crippen LogP contribution in [0.25, 0.3) is 0 Å². The number of rotatable bonds is 4. The molecule has 0 unspecified atom stereocenters. The summed E-state index contributed by atoms with van der Waals surface area (Å²) >= 11 is 0. The molecule has 1 heterocycles. The second-order valence-electron chi connectivity index (χ2n) is 7.43. The van der Waals surface area contributed by atoms with Crippen LogP contribution in [0.1, 0.15) is 57.4 Å². The maximum absolute atomic E-state index is 12.6. The van der Waals surface area contributed by atoms with Gasteiger partial charge in [-0.05, 0) is 63.0 Å². The van der Waals surface area contributed by atoms with Gasteiger partial charge in [0.1, 0.15) is 0 Å². The number of carbonyl (C=O) groups is 2. The first-order valence-corrected chi connectivity index (χ1v) is 9.86. The van der Waals surface area contributed by atoms with Crippen molar-refractivity contribution in [2.45, 2.75) is 58.3 Å². The van der Waals surface area contributed by atoms with E-state index in [-0.39, 0.29) is 17.7 Å². The molecule has 1 aliphatic heterocycles. The largest absolute Gasteiger partial charge is 0.342 e. The minimum atomic E-state index is 0.0373. The van der Waals surface area contributed by atoms with Gasteiger partial charge < -0.3 is 10.2 Å². The number of benzene rings is 1. The zero-order valence-corrected chi connectivity index (χ0v) is 15.3. The molecule has 3 rings (SSSR count). The van der Waals surface area contributed by atoms with Gasteiger partial charge >= 0.3 is 0 Å². The second-order valence-corrected chi connectivity index (χ2v) is 7.43. The summed E-state index contributed by atoms with van der Waals surface area (Å²) in [6, 6.07) is 8.00. The van der Waals surface area contributed by atoms with Crippen LogP contribution in [0.4, 0.5) is 5.69 Å². The Morgan fingerprint density at radius 2 is 1.64 bits per heavy atom. The Kier molecular flexibility index (Phi) is 6.11. The monoisotopic (exact) mass is 342 g/mol. The maximum Gasteiger partial charge on any atom is 0.227 e. The predicted molar refractivity (Wildman–Crippen MR) is 100 cm³/mol. The summed E-state index contributed by atoms with van der Waals surface area (Å²) in [5.74, 6) is 0.611. The van der Waals surface area contributed by atoms with E-state index in [0.29, 0.717) is 5.91 Å². The molecule has 0 spiro atoms. The number of hydrogen-bond donors (Lipinski definition) is 1. The molecule has 25 heavy (non-hydrogen) atoms. The fourth-order valence-electron chi connectivity index (χ4n) is 4.16. The van der Waals surface area contributed by atoms with Crippen LogP contribution in [0.2, 0.25) is 0 Å². The van der Waals surface area contributed by atoms with E-state index >= 15 is 0 Å². The van der Waals surface area contributed by atoms with Gasteiger partial charge in [-0.15, -0.1) is 0 Å². The first kappa shape index (κ1) is 18.0. The first-order chi connectivity index (χ1) is 12.2. The molecule has 1 saturated carbocycles. The van der Waals surface area contributed by atoms with Crippen LogP contribution in [0, 0.1) is 11.8 Å². The van der Waals surface area contributed by atoms with Crippen LogP contribution in [0.3, 0.4) is 0 Å². The van der Waals surface area contributed by atoms with Crippen LogP contribution in [-0.4, -0.2) is 29.8 Å². The van der Waals surface area contributed by atoms with Gasteiger partial charge in [0.05, 0.1) is 0 Å². The highest BCUT2D eigenvalue weighted by atomic mass is 16.2. The van der Waals surface area contributed by atoms with Crippen molar-refractivity contribution < 1.29 is 9.59 Å². The first-order valence-electron chi connectivity index (χ1n) is 9.86. The fraction of sp³-hybridized carbons (Fsp3) is 0.619. The molecule has 2 amide bonds. The Morgan fingerprint density at radius 3 is 2.32 bits per heavy atom. The van der Waals surface area contributed by atoms with Gasteiger partial charge in [-0.1, -0.05) is 25.1 Å². The summed E-state index contributed by atoms with van der Waals surface area (Å²) in [7, 11) is 0. The van der Waals surface area contributed by atoms with Crippen molar-refractivity contribution in [1.29, 1.82) is 0 Å². The van der Waals surface area contributed by atoms with E-state index in [4.69, 9.17) is 0 Å². The van der Waals surface area contributed by atoms with Crippen LogP contribution >= 0.6 is 0 Å². The van der Waals surface area contributed by atoms with Crippen molar-refractivity contribution in [3.8, 4) is 0 Å². The van der Waals surface area contributed by atoms with Crippen molar-refractivity contribution in [3.63, 3.8) is 0 Å². The molecule has 1 N–H and O–H groups in total. The van der Waals surface area contributed by atoms with E-state index in [9.17, 15) is 9.59 Å². The normalized spacial score (nSPS) is 24.0. The second kappa shape index (κ2) is 8.50. The highest BCUT2D eigenvalue weighted by Gasteiger charge is 2.32. The molecule has 0 aromatic heterocycles. The maximum atomic E-state index is 12.6. The minimum absolute atomic E-state index is 0.0373. The van der Waals surface area contributed by atoms with E-state index < -0.39 is 0 Å². The molecule has 1 aromatic rings. The summed E-state index contributed by atoms with van der Waals surface area (Å²) < 4.78 is 0. The molecular formula is C21H30N2O2. The minimum Gasteiger partial charge on any atom is -0.342 e. The SMILES string of the molecule is CCc1ccccc1NC(=O)C1CCC(C(=O)N2CCCCC2)CC1. The van der Waals surface area contributed by atoms with Crippen molar-refractivity contribution in [2.75, 3.05) is 18.4 Å². The van der Waals surface area contributed by atoms with Crippen LogP contribution in [-0.2, 0) is 16.0 Å². The number of amides is 2. The number of para-hydroxylation sites is 1. The number of hydrogen-bond acceptors (Lipinski definition) is 2. The number of likely N-dealkylation sites (tertiary alicyclic amines) is 1. The smallest absolute Gasteiger partial charge is 0.227 e. The Balaban J connectivity index is 1.51. The standard InChI is InChI=1S/C21H30N2O2/c1-2-16-8-4-5-9-19(16)22-20(24)17-10-12-18(13-11-17)21(25)23-14-6-3-7-15-23/h4-5,8-9,17-18H,2-3,6-7,10-15H2,1H3,(H,22,24). The number of aryl methyl sites for hydroxylation is 1. The van der Waals surface area contributed by atoms with E-state index in [2.05, 4.69) is 18.3 Å². The Labute approximate surface area is 151 Å². The van der Waals surface area contributed by atoms with Crippen LogP contribution in [0.15, 0.2) is 24.3 Å². The molecule has 2 aliphatic rings. The summed E-state index contributed by atoms with van der Waals surface area (Å²) in [5, 5.41) is 3.10. The zero-order chi connectivity index (χ0) is 17.6. The highest BCUT2D eigenvalue weighted by molar-refractivity contribution is 5.93. The summed E-state index contributed by atoms with van der Waals surface area (Å²) in [4.78, 5) is 27.3. The molecule has 136 valence electrons. The number of piperidine rings is 1. The number of anilines is 1. The van der Waals surface area contributed by atoms with Crippen molar-refractivity contribution in [3.05, 3.63) is 29.8 Å². The topological polar surface area (TPSA) is 49.4 Å². The lowest BCUT2D eigenvalue weighted by Crippen LogP contribution is -2.41. The molecule has 0 bridgehead atoms. The molecular weight excluding hydrogens is 312 g/mol. The van der Waals surface area contributed by atoms with E-state index in [0.717, 1.165) is 63.7 Å². The highest BCUT2D eigenvalue weighted by Crippen LogP contribution is 2.32. The summed E-state index contributed by atoms with van der Waals surface area (Å²) in [6.07, 6.45) is 7.78. The van der Waals surface area contributed by atoms with Gasteiger partial charge in [-0.25, -0.2) is 0 Å². The van der Waals surface area contributed by atoms with Gasteiger partial charge in [-0.3, -0.25) is 9.59 Å². The number of nitrogens with zero attached hydrogens (tertiary/aromatic N) is 1. The Bertz CT molecular complexity index is 600. The van der Waals surface area contributed by atoms with Crippen molar-refractivity contribution >= 4 is 17.5 Å². The lowest BCUT2D eigenvalue weighted by atomic mass is 9.80. The molecule has 1 aliphatic carbocycles. The fourth-order valence-corrected chi connectivity index (χ4v) is 4.16. The quantitative estimate of drug-likeness (QED) is 0.899. The molecule has 1 saturated heterocycles. The van der Waals surface area contributed by atoms with E-state index in [1.165, 1.54) is 12.0 Å². The zero-order valence-electron chi connectivity index (χ0n) is 15.3. The van der Waals surface area contributed by atoms with Crippen LogP contribution < -0.4 is 5.32 Å². The molecule has 0 atom stereocenters. The average Bonchev–Trinajstić information content (AvgIpc) is 2.68. The third kappa shape index (κ3) is 4.42. The molecule has 4 nitrogen and oxygen atoms in total. The van der Waals surface area contributed by atoms with Gasteiger partial charge in [0.15, 0.2) is 0 Å². The predicted octanol–water partition coefficient (Wildman–Crippen LogP) is 4.01. The summed E-state index contributed by atoms with van der Waals surface area (Å²) in [6.45, 7) is 3.95. The summed E-state index contributed by atoms with van der Waals surface area (Å²) in [5.41, 5.74) is 2.10. The van der Waals surface area contributed by atoms with Gasteiger partial charge in [0.25, 0.3) is 0 Å². The number of nitrogens with one attached hydrogen (secondary N) is 1. The Hall–Kier alpha value is -1.84. The molecule has 2 fully saturated rings. The molecule has 0 radical (unpaired) electrons. The Morgan fingerprint density at radius 1 is 1.00 bits per heavy atom. The van der Waals surface area contributed by atoms with Gasteiger partial charge in [0, 0.05) is 30.6 Å². The van der Waals surface area contributed by atoms with Crippen LogP contribution in [0.5, 0.6) is 0 Å². The molecule has 4 heteroatoms. The van der Waals surface area contributed by atoms with E-state index in [1.807, 2.05) is 23.1 Å². The van der Waals surface area contributed by atoms with E-state index in [1.54, 1.807) is 0 Å². The molecule has 1 aromatic carbocycles. The van der Waals surface area contributed by atoms with Crippen molar-refractivity contribution in [1.82, 2.24) is 4.90 Å². The van der Waals surface area contributed by atoms with Gasteiger partial charge in [-0.2, -0.15) is 0 Å². The van der Waals surface area contributed by atoms with Crippen molar-refractivity contribution in [2.24, 2.45) is 11.8 Å².